The van der Waals surface area contributed by atoms with Gasteiger partial charge in [-0.25, -0.2) is 0 Å². The maximum absolute atomic E-state index is 12.1. The maximum Gasteiger partial charge on any atom is 0.323 e. The molecule has 1 amide bonds. The van der Waals surface area contributed by atoms with Crippen molar-refractivity contribution in [3.05, 3.63) is 0 Å². The molecule has 1 atom stereocenters. The fraction of sp³-hybridized carbons (Fsp3) is 0.833. The highest BCUT2D eigenvalue weighted by Crippen LogP contribution is 2.30. The van der Waals surface area contributed by atoms with Crippen LogP contribution in [0.3, 0.4) is 0 Å². The third-order valence-corrected chi connectivity index (χ3v) is 4.40. The number of rotatable bonds is 6. The lowest BCUT2D eigenvalue weighted by Gasteiger charge is -2.26. The standard InChI is InChI=1S/C12H20N2O3S/c15-11(5-10-8-18-4-3-13-10)14(7-12(16)17)6-9-1-2-9/h9-10,13H,1-8H2,(H,16,17). The van der Waals surface area contributed by atoms with Crippen LogP contribution in [0.2, 0.25) is 0 Å². The minimum Gasteiger partial charge on any atom is -0.480 e. The molecule has 0 bridgehead atoms. The van der Waals surface area contributed by atoms with Crippen LogP contribution < -0.4 is 5.32 Å². The molecule has 1 heterocycles. The Balaban J connectivity index is 1.82. The van der Waals surface area contributed by atoms with Crippen LogP contribution in [0.5, 0.6) is 0 Å². The molecule has 5 nitrogen and oxygen atoms in total. The van der Waals surface area contributed by atoms with E-state index < -0.39 is 5.97 Å². The molecular weight excluding hydrogens is 252 g/mol. The largest absolute Gasteiger partial charge is 0.480 e. The summed E-state index contributed by atoms with van der Waals surface area (Å²) in [5, 5.41) is 12.2. The highest BCUT2D eigenvalue weighted by Gasteiger charge is 2.29. The molecule has 0 aromatic heterocycles. The van der Waals surface area contributed by atoms with Crippen LogP contribution >= 0.6 is 11.8 Å². The Morgan fingerprint density at radius 1 is 1.39 bits per heavy atom. The number of hydrogen-bond donors (Lipinski definition) is 2. The zero-order valence-electron chi connectivity index (χ0n) is 10.4. The van der Waals surface area contributed by atoms with Crippen LogP contribution in [0.15, 0.2) is 0 Å². The van der Waals surface area contributed by atoms with Crippen molar-refractivity contribution in [1.29, 1.82) is 0 Å². The summed E-state index contributed by atoms with van der Waals surface area (Å²) in [6.45, 7) is 1.39. The summed E-state index contributed by atoms with van der Waals surface area (Å²) in [5.74, 6) is 1.61. The number of carbonyl (C=O) groups is 2. The molecular formula is C12H20N2O3S. The fourth-order valence-electron chi connectivity index (χ4n) is 2.12. The highest BCUT2D eigenvalue weighted by molar-refractivity contribution is 7.99. The Bertz CT molecular complexity index is 314. The number of aliphatic carboxylic acids is 1. The van der Waals surface area contributed by atoms with Gasteiger partial charge in [0.05, 0.1) is 0 Å². The first-order chi connectivity index (χ1) is 8.65. The van der Waals surface area contributed by atoms with Crippen molar-refractivity contribution in [3.63, 3.8) is 0 Å². The molecule has 1 saturated carbocycles. The highest BCUT2D eigenvalue weighted by atomic mass is 32.2. The van der Waals surface area contributed by atoms with Crippen molar-refractivity contribution in [2.75, 3.05) is 31.1 Å². The van der Waals surface area contributed by atoms with E-state index in [0.29, 0.717) is 18.9 Å². The average Bonchev–Trinajstić information content (AvgIpc) is 3.13. The van der Waals surface area contributed by atoms with Crippen LogP contribution in [0.25, 0.3) is 0 Å². The number of thioether (sulfide) groups is 1. The summed E-state index contributed by atoms with van der Waals surface area (Å²) in [5.41, 5.74) is 0. The predicted octanol–water partition coefficient (Wildman–Crippen LogP) is 0.405. The second-order valence-corrected chi connectivity index (χ2v) is 6.19. The summed E-state index contributed by atoms with van der Waals surface area (Å²) in [7, 11) is 0. The van der Waals surface area contributed by atoms with Crippen LogP contribution in [0, 0.1) is 5.92 Å². The first kappa shape index (κ1) is 13.7. The zero-order chi connectivity index (χ0) is 13.0. The lowest BCUT2D eigenvalue weighted by Crippen LogP contribution is -2.44. The summed E-state index contributed by atoms with van der Waals surface area (Å²) < 4.78 is 0. The van der Waals surface area contributed by atoms with E-state index in [2.05, 4.69) is 5.32 Å². The van der Waals surface area contributed by atoms with Crippen LogP contribution in [-0.4, -0.2) is 59.1 Å². The minimum absolute atomic E-state index is 0.0238. The van der Waals surface area contributed by atoms with Gasteiger partial charge in [0, 0.05) is 37.1 Å². The quantitative estimate of drug-likeness (QED) is 0.733. The van der Waals surface area contributed by atoms with Gasteiger partial charge < -0.3 is 15.3 Å². The number of nitrogens with one attached hydrogen (secondary N) is 1. The van der Waals surface area contributed by atoms with Gasteiger partial charge in [0.15, 0.2) is 0 Å². The Morgan fingerprint density at radius 2 is 2.17 bits per heavy atom. The first-order valence-corrected chi connectivity index (χ1v) is 7.61. The Labute approximate surface area is 111 Å². The summed E-state index contributed by atoms with van der Waals surface area (Å²) >= 11 is 1.85. The second-order valence-electron chi connectivity index (χ2n) is 5.04. The molecule has 2 N–H and O–H groups in total. The van der Waals surface area contributed by atoms with Crippen molar-refractivity contribution in [2.24, 2.45) is 5.92 Å². The molecule has 18 heavy (non-hydrogen) atoms. The summed E-state index contributed by atoms with van der Waals surface area (Å²) in [6, 6.07) is 0.201. The van der Waals surface area contributed by atoms with Crippen molar-refractivity contribution < 1.29 is 14.7 Å². The van der Waals surface area contributed by atoms with E-state index in [1.54, 1.807) is 0 Å². The second kappa shape index (κ2) is 6.43. The SMILES string of the molecule is O=C(O)CN(CC1CC1)C(=O)CC1CSCCN1. The molecule has 1 unspecified atom stereocenters. The Hall–Kier alpha value is -0.750. The third kappa shape index (κ3) is 4.49. The smallest absolute Gasteiger partial charge is 0.323 e. The molecule has 0 aromatic carbocycles. The number of nitrogens with zero attached hydrogens (tertiary/aromatic N) is 1. The van der Waals surface area contributed by atoms with Gasteiger partial charge in [-0.3, -0.25) is 9.59 Å². The topological polar surface area (TPSA) is 69.6 Å². The average molecular weight is 272 g/mol. The predicted molar refractivity (Wildman–Crippen MR) is 70.7 cm³/mol. The lowest BCUT2D eigenvalue weighted by atomic mass is 10.2. The molecule has 0 aromatic rings. The molecule has 2 fully saturated rings. The normalized spacial score (nSPS) is 23.7. The Kier molecular flexibility index (Phi) is 4.88. The van der Waals surface area contributed by atoms with E-state index in [1.165, 1.54) is 4.90 Å². The number of carboxylic acids is 1. The van der Waals surface area contributed by atoms with Crippen molar-refractivity contribution in [3.8, 4) is 0 Å². The van der Waals surface area contributed by atoms with E-state index in [4.69, 9.17) is 5.11 Å². The van der Waals surface area contributed by atoms with Crippen LogP contribution in [0.4, 0.5) is 0 Å². The molecule has 0 spiro atoms. The summed E-state index contributed by atoms with van der Waals surface area (Å²) in [6.07, 6.45) is 2.68. The van der Waals surface area contributed by atoms with Crippen LogP contribution in [0.1, 0.15) is 19.3 Å². The molecule has 6 heteroatoms. The van der Waals surface area contributed by atoms with Gasteiger partial charge in [0.25, 0.3) is 0 Å². The maximum atomic E-state index is 12.1. The van der Waals surface area contributed by atoms with Gasteiger partial charge in [-0.1, -0.05) is 0 Å². The number of carboxylic acid groups (broad SMARTS) is 1. The van der Waals surface area contributed by atoms with Gasteiger partial charge >= 0.3 is 5.97 Å². The van der Waals surface area contributed by atoms with E-state index in [1.807, 2.05) is 11.8 Å². The molecule has 2 rings (SSSR count). The minimum atomic E-state index is -0.921. The molecule has 102 valence electrons. The van der Waals surface area contributed by atoms with E-state index in [0.717, 1.165) is 30.9 Å². The van der Waals surface area contributed by atoms with Crippen molar-refractivity contribution in [2.45, 2.75) is 25.3 Å². The summed E-state index contributed by atoms with van der Waals surface area (Å²) in [4.78, 5) is 24.4. The fourth-order valence-corrected chi connectivity index (χ4v) is 3.07. The molecule has 0 radical (unpaired) electrons. The van der Waals surface area contributed by atoms with Gasteiger partial charge in [-0.15, -0.1) is 0 Å². The molecule has 2 aliphatic rings. The van der Waals surface area contributed by atoms with Crippen molar-refractivity contribution >= 4 is 23.6 Å². The van der Waals surface area contributed by atoms with E-state index in [9.17, 15) is 9.59 Å². The lowest BCUT2D eigenvalue weighted by molar-refractivity contribution is -0.144. The zero-order valence-corrected chi connectivity index (χ0v) is 11.2. The first-order valence-electron chi connectivity index (χ1n) is 6.46. The third-order valence-electron chi connectivity index (χ3n) is 3.27. The molecule has 1 aliphatic heterocycles. The monoisotopic (exact) mass is 272 g/mol. The van der Waals surface area contributed by atoms with Crippen molar-refractivity contribution in [1.82, 2.24) is 10.2 Å². The molecule has 1 aliphatic carbocycles. The number of carbonyl (C=O) groups excluding carboxylic acids is 1. The van der Waals surface area contributed by atoms with Gasteiger partial charge in [-0.2, -0.15) is 11.8 Å². The van der Waals surface area contributed by atoms with E-state index in [-0.39, 0.29) is 18.5 Å². The van der Waals surface area contributed by atoms with Gasteiger partial charge in [0.1, 0.15) is 6.54 Å². The Morgan fingerprint density at radius 3 is 2.72 bits per heavy atom. The van der Waals surface area contributed by atoms with Gasteiger partial charge in [0.2, 0.25) is 5.91 Å². The van der Waals surface area contributed by atoms with Crippen LogP contribution in [-0.2, 0) is 9.59 Å². The number of amides is 1. The van der Waals surface area contributed by atoms with E-state index >= 15 is 0 Å². The number of hydrogen-bond acceptors (Lipinski definition) is 4. The molecule has 1 saturated heterocycles. The van der Waals surface area contributed by atoms with Gasteiger partial charge in [-0.05, 0) is 18.8 Å².